The van der Waals surface area contributed by atoms with E-state index in [2.05, 4.69) is 26.9 Å². The maximum absolute atomic E-state index is 12.6. The molecule has 4 rings (SSSR count). The van der Waals surface area contributed by atoms with Crippen LogP contribution in [0.25, 0.3) is 21.6 Å². The zero-order valence-electron chi connectivity index (χ0n) is 15.9. The Kier molecular flexibility index (Phi) is 5.41. The second kappa shape index (κ2) is 8.14. The van der Waals surface area contributed by atoms with Gasteiger partial charge in [0.25, 0.3) is 5.56 Å². The molecule has 9 heteroatoms. The number of piperidine rings is 1. The van der Waals surface area contributed by atoms with Crippen LogP contribution in [-0.4, -0.2) is 40.1 Å². The summed E-state index contributed by atoms with van der Waals surface area (Å²) in [5.41, 5.74) is 7.38. The van der Waals surface area contributed by atoms with Crippen LogP contribution in [0.4, 0.5) is 11.5 Å². The van der Waals surface area contributed by atoms with Crippen LogP contribution in [0.5, 0.6) is 0 Å². The quantitative estimate of drug-likeness (QED) is 0.669. The maximum Gasteiger partial charge on any atom is 0.277 e. The molecule has 0 radical (unpaired) electrons. The zero-order chi connectivity index (χ0) is 20.4. The van der Waals surface area contributed by atoms with Gasteiger partial charge in [-0.15, -0.1) is 0 Å². The summed E-state index contributed by atoms with van der Waals surface area (Å²) in [6.45, 7) is 5.53. The van der Waals surface area contributed by atoms with E-state index in [1.807, 2.05) is 6.07 Å². The van der Waals surface area contributed by atoms with Gasteiger partial charge in [-0.25, -0.2) is 4.98 Å². The highest BCUT2D eigenvalue weighted by atomic mass is 32.1. The highest BCUT2D eigenvalue weighted by Gasteiger charge is 2.17. The van der Waals surface area contributed by atoms with Crippen molar-refractivity contribution in [3.8, 4) is 10.6 Å². The first-order valence-corrected chi connectivity index (χ1v) is 10.3. The molecule has 1 fully saturated rings. The molecule has 0 aliphatic carbocycles. The predicted octanol–water partition coefficient (Wildman–Crippen LogP) is 2.35. The lowest BCUT2D eigenvalue weighted by Gasteiger charge is -2.27. The van der Waals surface area contributed by atoms with E-state index in [4.69, 9.17) is 5.73 Å². The highest BCUT2D eigenvalue weighted by molar-refractivity contribution is 7.19. The number of benzene rings is 1. The Morgan fingerprint density at radius 1 is 1.24 bits per heavy atom. The number of hydrogen-bond acceptors (Lipinski definition) is 7. The number of rotatable bonds is 5. The molecule has 150 valence electrons. The van der Waals surface area contributed by atoms with Gasteiger partial charge in [-0.3, -0.25) is 9.59 Å². The summed E-state index contributed by atoms with van der Waals surface area (Å²) in [4.78, 5) is 31.7. The molecule has 3 heterocycles. The molecule has 0 bridgehead atoms. The summed E-state index contributed by atoms with van der Waals surface area (Å²) in [6, 6.07) is 7.05. The van der Waals surface area contributed by atoms with E-state index in [0.29, 0.717) is 21.5 Å². The lowest BCUT2D eigenvalue weighted by atomic mass is 10.1. The minimum Gasteiger partial charge on any atom is -0.356 e. The van der Waals surface area contributed by atoms with Crippen molar-refractivity contribution >= 4 is 39.8 Å². The molecule has 2 aromatic heterocycles. The highest BCUT2D eigenvalue weighted by Crippen LogP contribution is 2.29. The van der Waals surface area contributed by atoms with E-state index in [9.17, 15) is 9.59 Å². The molecule has 1 saturated heterocycles. The molecule has 3 aromatic rings. The van der Waals surface area contributed by atoms with Crippen LogP contribution in [0, 0.1) is 0 Å². The first-order chi connectivity index (χ1) is 14.1. The van der Waals surface area contributed by atoms with E-state index in [0.717, 1.165) is 37.1 Å². The lowest BCUT2D eigenvalue weighted by molar-refractivity contribution is -0.114. The SMILES string of the molecule is C=Cc1cc(NC(=O)CN)cc(-c2nn3c(=O)cc(N4CCCCC4)nc3s2)c1. The van der Waals surface area contributed by atoms with Gasteiger partial charge in [0.2, 0.25) is 10.9 Å². The average molecular weight is 411 g/mol. The molecule has 29 heavy (non-hydrogen) atoms. The summed E-state index contributed by atoms with van der Waals surface area (Å²) in [6.07, 6.45) is 5.13. The van der Waals surface area contributed by atoms with Crippen molar-refractivity contribution in [2.75, 3.05) is 29.9 Å². The number of aromatic nitrogens is 3. The second-order valence-corrected chi connectivity index (χ2v) is 7.86. The number of amides is 1. The van der Waals surface area contributed by atoms with Crippen molar-refractivity contribution in [2.45, 2.75) is 19.3 Å². The number of carbonyl (C=O) groups is 1. The van der Waals surface area contributed by atoms with E-state index in [-0.39, 0.29) is 18.0 Å². The molecule has 1 aliphatic rings. The fourth-order valence-corrected chi connectivity index (χ4v) is 4.27. The summed E-state index contributed by atoms with van der Waals surface area (Å²) >= 11 is 1.34. The van der Waals surface area contributed by atoms with Gasteiger partial charge in [-0.05, 0) is 43.0 Å². The second-order valence-electron chi connectivity index (χ2n) is 6.90. The molecular weight excluding hydrogens is 388 g/mol. The van der Waals surface area contributed by atoms with Crippen molar-refractivity contribution in [2.24, 2.45) is 5.73 Å². The number of nitrogens with zero attached hydrogens (tertiary/aromatic N) is 4. The van der Waals surface area contributed by atoms with Crippen LogP contribution in [0.2, 0.25) is 0 Å². The minimum atomic E-state index is -0.287. The van der Waals surface area contributed by atoms with Gasteiger partial charge < -0.3 is 16.0 Å². The Morgan fingerprint density at radius 2 is 2.03 bits per heavy atom. The van der Waals surface area contributed by atoms with Crippen LogP contribution in [0.3, 0.4) is 0 Å². The topological polar surface area (TPSA) is 106 Å². The fourth-order valence-electron chi connectivity index (χ4n) is 3.38. The van der Waals surface area contributed by atoms with Crippen LogP contribution in [0.1, 0.15) is 24.8 Å². The van der Waals surface area contributed by atoms with Crippen molar-refractivity contribution in [3.63, 3.8) is 0 Å². The first kappa shape index (κ1) is 19.3. The number of hydrogen-bond donors (Lipinski definition) is 2. The number of carbonyl (C=O) groups excluding carboxylic acids is 1. The Balaban J connectivity index is 1.75. The Morgan fingerprint density at radius 3 is 2.76 bits per heavy atom. The molecular formula is C20H22N6O2S. The van der Waals surface area contributed by atoms with Gasteiger partial charge in [0, 0.05) is 30.4 Å². The van der Waals surface area contributed by atoms with Gasteiger partial charge in [0.05, 0.1) is 6.54 Å². The van der Waals surface area contributed by atoms with Gasteiger partial charge in [-0.2, -0.15) is 9.61 Å². The summed E-state index contributed by atoms with van der Waals surface area (Å²) in [5, 5.41) is 7.84. The number of fused-ring (bicyclic) bond motifs is 1. The molecule has 0 unspecified atom stereocenters. The first-order valence-electron chi connectivity index (χ1n) is 9.51. The molecule has 1 aromatic carbocycles. The summed E-state index contributed by atoms with van der Waals surface area (Å²) in [5.74, 6) is 0.422. The zero-order valence-corrected chi connectivity index (χ0v) is 16.7. The molecule has 0 saturated carbocycles. The van der Waals surface area contributed by atoms with Crippen molar-refractivity contribution in [3.05, 3.63) is 46.8 Å². The molecule has 1 amide bonds. The third-order valence-corrected chi connectivity index (χ3v) is 5.78. The average Bonchev–Trinajstić information content (AvgIpc) is 3.19. The lowest BCUT2D eigenvalue weighted by Crippen LogP contribution is -2.31. The van der Waals surface area contributed by atoms with Crippen LogP contribution in [0.15, 0.2) is 35.6 Å². The molecule has 0 atom stereocenters. The molecule has 1 aliphatic heterocycles. The maximum atomic E-state index is 12.6. The van der Waals surface area contributed by atoms with Gasteiger partial charge >= 0.3 is 0 Å². The van der Waals surface area contributed by atoms with Crippen molar-refractivity contribution < 1.29 is 4.79 Å². The van der Waals surface area contributed by atoms with Gasteiger partial charge in [-0.1, -0.05) is 24.0 Å². The Bertz CT molecular complexity index is 1130. The number of nitrogens with one attached hydrogen (secondary N) is 1. The van der Waals surface area contributed by atoms with Crippen molar-refractivity contribution in [1.29, 1.82) is 0 Å². The van der Waals surface area contributed by atoms with Crippen LogP contribution in [-0.2, 0) is 4.79 Å². The molecule has 0 spiro atoms. The van der Waals surface area contributed by atoms with E-state index in [1.165, 1.54) is 22.3 Å². The Hall–Kier alpha value is -3.04. The number of anilines is 2. The largest absolute Gasteiger partial charge is 0.356 e. The monoisotopic (exact) mass is 410 g/mol. The fraction of sp³-hybridized carbons (Fsp3) is 0.300. The number of nitrogens with two attached hydrogens (primary N) is 1. The van der Waals surface area contributed by atoms with E-state index >= 15 is 0 Å². The molecule has 8 nitrogen and oxygen atoms in total. The van der Waals surface area contributed by atoms with Crippen molar-refractivity contribution in [1.82, 2.24) is 14.6 Å². The van der Waals surface area contributed by atoms with Gasteiger partial charge in [0.1, 0.15) is 10.8 Å². The standard InChI is InChI=1S/C20H22N6O2S/c1-2-13-8-14(10-15(9-13)22-17(27)12-21)19-24-26-18(28)11-16(23-20(26)29-19)25-6-4-3-5-7-25/h2,8-11H,1,3-7,12,21H2,(H,22,27). The van der Waals surface area contributed by atoms with Gasteiger partial charge in [0.15, 0.2) is 0 Å². The normalized spacial score (nSPS) is 14.2. The minimum absolute atomic E-state index is 0.104. The third-order valence-electron chi connectivity index (χ3n) is 4.82. The van der Waals surface area contributed by atoms with Crippen LogP contribution < -0.4 is 21.5 Å². The Labute approximate surface area is 171 Å². The smallest absolute Gasteiger partial charge is 0.277 e. The predicted molar refractivity (Wildman–Crippen MR) is 116 cm³/mol. The van der Waals surface area contributed by atoms with Crippen LogP contribution >= 0.6 is 11.3 Å². The summed E-state index contributed by atoms with van der Waals surface area (Å²) in [7, 11) is 0. The third kappa shape index (κ3) is 4.06. The van der Waals surface area contributed by atoms with E-state index in [1.54, 1.807) is 24.3 Å². The summed E-state index contributed by atoms with van der Waals surface area (Å²) < 4.78 is 1.33. The molecule has 3 N–H and O–H groups in total. The van der Waals surface area contributed by atoms with E-state index < -0.39 is 0 Å².